The number of nitrogen functional groups attached to an aromatic ring is 1. The number of aromatic amines is 1. The fourth-order valence-corrected chi connectivity index (χ4v) is 6.80. The van der Waals surface area contributed by atoms with Crippen molar-refractivity contribution in [1.82, 2.24) is 14.5 Å². The number of aromatic nitrogens is 3. The number of hydrogen-bond donors (Lipinski definition) is 4. The molecule has 0 radical (unpaired) electrons. The van der Waals surface area contributed by atoms with E-state index in [-0.39, 0.29) is 35.0 Å². The van der Waals surface area contributed by atoms with Gasteiger partial charge in [0.1, 0.15) is 30.2 Å². The summed E-state index contributed by atoms with van der Waals surface area (Å²) in [5.41, 5.74) is 9.59. The van der Waals surface area contributed by atoms with Crippen molar-refractivity contribution in [3.05, 3.63) is 52.9 Å². The number of aliphatic hydroxyl groups excluding tert-OH is 1. The van der Waals surface area contributed by atoms with Crippen molar-refractivity contribution >= 4 is 30.5 Å². The lowest BCUT2D eigenvalue weighted by Gasteiger charge is -2.31. The summed E-state index contributed by atoms with van der Waals surface area (Å²) in [7, 11) is -4.12. The summed E-state index contributed by atoms with van der Waals surface area (Å²) in [6.07, 6.45) is -4.80. The lowest BCUT2D eigenvalue weighted by atomic mass is 9.91. The Morgan fingerprint density at radius 2 is 1.95 bits per heavy atom. The third-order valence-corrected chi connectivity index (χ3v) is 8.86. The smallest absolute Gasteiger partial charge is 0.380 e. The van der Waals surface area contributed by atoms with E-state index in [9.17, 15) is 23.7 Å². The molecule has 1 unspecified atom stereocenters. The number of ether oxygens (including phenoxy) is 2. The van der Waals surface area contributed by atoms with Crippen molar-refractivity contribution in [2.75, 3.05) is 18.6 Å². The molecule has 0 spiro atoms. The van der Waals surface area contributed by atoms with Gasteiger partial charge in [0.05, 0.1) is 29.7 Å². The summed E-state index contributed by atoms with van der Waals surface area (Å²) in [5, 5.41) is 11.3. The summed E-state index contributed by atoms with van der Waals surface area (Å²) >= 11 is 0. The number of nitrogens with one attached hydrogen (secondary N) is 1. The molecule has 0 saturated carbocycles. The summed E-state index contributed by atoms with van der Waals surface area (Å²) in [6.45, 7) is 5.15. The number of para-hydroxylation sites is 1. The van der Waals surface area contributed by atoms with Gasteiger partial charge in [-0.15, -0.1) is 0 Å². The molecule has 1 aliphatic heterocycles. The van der Waals surface area contributed by atoms with Gasteiger partial charge in [0.15, 0.2) is 11.9 Å². The third kappa shape index (κ3) is 6.31. The summed E-state index contributed by atoms with van der Waals surface area (Å²) in [6, 6.07) is 9.66. The highest BCUT2D eigenvalue weighted by molar-refractivity contribution is 7.54. The molecule has 13 nitrogen and oxygen atoms in total. The first-order valence-corrected chi connectivity index (χ1v) is 14.8. The number of anilines is 1. The number of aliphatic hydroxyl groups is 1. The second-order valence-corrected chi connectivity index (χ2v) is 12.4. The van der Waals surface area contributed by atoms with Crippen LogP contribution < -0.4 is 21.6 Å². The Morgan fingerprint density at radius 1 is 1.27 bits per heavy atom. The van der Waals surface area contributed by atoms with Crippen LogP contribution in [0.15, 0.2) is 47.4 Å². The van der Waals surface area contributed by atoms with Gasteiger partial charge in [0.25, 0.3) is 5.56 Å². The molecule has 3 heterocycles. The van der Waals surface area contributed by atoms with E-state index >= 15 is 0 Å². The van der Waals surface area contributed by atoms with Crippen LogP contribution in [0.5, 0.6) is 5.75 Å². The average molecular weight is 596 g/mol. The molecular formula is C26H35FN5O8P. The summed E-state index contributed by atoms with van der Waals surface area (Å²) < 4.78 is 52.9. The minimum Gasteiger partial charge on any atom is -0.463 e. The Hall–Kier alpha value is -3.29. The van der Waals surface area contributed by atoms with Crippen LogP contribution in [-0.4, -0.2) is 68.4 Å². The second kappa shape index (κ2) is 11.9. The van der Waals surface area contributed by atoms with Crippen LogP contribution in [0.4, 0.5) is 10.3 Å². The Balaban J connectivity index is 1.63. The number of halogens is 1. The monoisotopic (exact) mass is 595 g/mol. The Morgan fingerprint density at radius 3 is 2.59 bits per heavy atom. The van der Waals surface area contributed by atoms with Gasteiger partial charge in [-0.25, -0.2) is 8.96 Å². The highest BCUT2D eigenvalue weighted by Gasteiger charge is 2.57. The minimum atomic E-state index is -4.12. The molecule has 1 aromatic carbocycles. The zero-order chi connectivity index (χ0) is 30.1. The highest BCUT2D eigenvalue weighted by Crippen LogP contribution is 2.53. The Labute approximate surface area is 235 Å². The van der Waals surface area contributed by atoms with Crippen LogP contribution in [0.3, 0.4) is 0 Å². The lowest BCUT2D eigenvalue weighted by molar-refractivity contribution is -0.151. The van der Waals surface area contributed by atoms with Crippen molar-refractivity contribution in [2.45, 2.75) is 63.9 Å². The molecule has 3 aromatic rings. The SMILES string of the molecule is CC(C)OC(=O)[C@H](C)C[P@@](=O)(Oc1ccccc1)O[C@@H](C)[C@H]1O[C@@H](n2ccc3c(=O)[nH]c(N)nc32)C(N)(CF)[C@H]1O. The molecule has 1 saturated heterocycles. The summed E-state index contributed by atoms with van der Waals surface area (Å²) in [4.78, 5) is 31.3. The maximum Gasteiger partial charge on any atom is 0.380 e. The van der Waals surface area contributed by atoms with E-state index in [1.165, 1.54) is 30.7 Å². The number of H-pyrrole nitrogens is 1. The molecule has 224 valence electrons. The van der Waals surface area contributed by atoms with E-state index in [1.807, 2.05) is 0 Å². The molecular weight excluding hydrogens is 560 g/mol. The maximum absolute atomic E-state index is 14.5. The van der Waals surface area contributed by atoms with Crippen molar-refractivity contribution in [2.24, 2.45) is 11.7 Å². The van der Waals surface area contributed by atoms with Crippen molar-refractivity contribution in [1.29, 1.82) is 0 Å². The molecule has 0 amide bonds. The first-order valence-electron chi connectivity index (χ1n) is 13.0. The molecule has 1 aliphatic rings. The number of nitrogens with two attached hydrogens (primary N) is 2. The van der Waals surface area contributed by atoms with Gasteiger partial charge in [-0.1, -0.05) is 25.1 Å². The number of hydrogen-bond acceptors (Lipinski definition) is 11. The number of rotatable bonds is 11. The van der Waals surface area contributed by atoms with Gasteiger partial charge in [0.2, 0.25) is 5.95 Å². The van der Waals surface area contributed by atoms with Gasteiger partial charge in [-0.3, -0.25) is 19.1 Å². The fourth-order valence-electron chi connectivity index (χ4n) is 4.70. The van der Waals surface area contributed by atoms with E-state index in [0.29, 0.717) is 0 Å². The van der Waals surface area contributed by atoms with E-state index in [1.54, 1.807) is 44.2 Å². The zero-order valence-corrected chi connectivity index (χ0v) is 24.0. The van der Waals surface area contributed by atoms with Gasteiger partial charge in [0, 0.05) is 6.20 Å². The van der Waals surface area contributed by atoms with Crippen molar-refractivity contribution < 1.29 is 37.4 Å². The van der Waals surface area contributed by atoms with Crippen molar-refractivity contribution in [3.63, 3.8) is 0 Å². The number of benzene rings is 1. The molecule has 15 heteroatoms. The van der Waals surface area contributed by atoms with Crippen LogP contribution in [0.25, 0.3) is 11.0 Å². The minimum absolute atomic E-state index is 0.0662. The second-order valence-electron chi connectivity index (χ2n) is 10.5. The topological polar surface area (TPSA) is 194 Å². The number of nitrogens with zero attached hydrogens (tertiary/aromatic N) is 2. The van der Waals surface area contributed by atoms with E-state index in [2.05, 4.69) is 9.97 Å². The average Bonchev–Trinajstić information content (AvgIpc) is 3.42. The van der Waals surface area contributed by atoms with Crippen LogP contribution >= 0.6 is 7.60 Å². The Bertz CT molecular complexity index is 1480. The van der Waals surface area contributed by atoms with Gasteiger partial charge in [-0.2, -0.15) is 4.98 Å². The van der Waals surface area contributed by atoms with Crippen LogP contribution in [0.1, 0.15) is 33.9 Å². The predicted octanol–water partition coefficient (Wildman–Crippen LogP) is 2.50. The molecule has 4 rings (SSSR count). The first-order chi connectivity index (χ1) is 19.3. The molecule has 0 aliphatic carbocycles. The number of esters is 1. The van der Waals surface area contributed by atoms with E-state index < -0.39 is 61.8 Å². The molecule has 2 aromatic heterocycles. The molecule has 41 heavy (non-hydrogen) atoms. The quantitative estimate of drug-likeness (QED) is 0.188. The molecule has 7 atom stereocenters. The van der Waals surface area contributed by atoms with Crippen LogP contribution in [-0.2, 0) is 23.4 Å². The van der Waals surface area contributed by atoms with Gasteiger partial charge >= 0.3 is 13.6 Å². The normalized spacial score (nSPS) is 25.6. The van der Waals surface area contributed by atoms with Gasteiger partial charge in [-0.05, 0) is 39.0 Å². The lowest BCUT2D eigenvalue weighted by Crippen LogP contribution is -2.57. The van der Waals surface area contributed by atoms with Crippen molar-refractivity contribution in [3.8, 4) is 5.75 Å². The number of fused-ring (bicyclic) bond motifs is 1. The molecule has 0 bridgehead atoms. The van der Waals surface area contributed by atoms with E-state index in [0.717, 1.165) is 0 Å². The number of carbonyl (C=O) groups is 1. The van der Waals surface area contributed by atoms with E-state index in [4.69, 9.17) is 30.0 Å². The predicted molar refractivity (Wildman–Crippen MR) is 148 cm³/mol. The van der Waals surface area contributed by atoms with Crippen LogP contribution in [0, 0.1) is 5.92 Å². The third-order valence-electron chi connectivity index (χ3n) is 6.72. The van der Waals surface area contributed by atoms with Gasteiger partial charge < -0.3 is 35.1 Å². The fraction of sp³-hybridized carbons (Fsp3) is 0.500. The Kier molecular flexibility index (Phi) is 8.90. The summed E-state index contributed by atoms with van der Waals surface area (Å²) in [5.74, 6) is -1.42. The van der Waals surface area contributed by atoms with Crippen LogP contribution in [0.2, 0.25) is 0 Å². The zero-order valence-electron chi connectivity index (χ0n) is 23.1. The standard InChI is InChI=1S/C26H35FN5O8P/c1-14(2)37-23(35)15(3)12-41(36,40-17-8-6-5-7-9-17)39-16(4)19-20(33)26(29,13-27)24(38-19)32-11-10-18-21(32)30-25(28)31-22(18)34/h5-11,14-16,19-20,24,33H,12-13,29H2,1-4H3,(H3,28,30,31,34)/t15-,16+,19-,20+,24-,26?,41+/m1/s1. The first kappa shape index (κ1) is 30.7. The molecule has 1 fully saturated rings. The highest BCUT2D eigenvalue weighted by atomic mass is 31.2. The maximum atomic E-state index is 14.5. The number of carbonyl (C=O) groups excluding carboxylic acids is 1. The number of alkyl halides is 1. The molecule has 6 N–H and O–H groups in total. The largest absolute Gasteiger partial charge is 0.463 e.